The van der Waals surface area contributed by atoms with Gasteiger partial charge in [-0.05, 0) is 12.1 Å². The lowest BCUT2D eigenvalue weighted by molar-refractivity contribution is 1.09. The maximum atomic E-state index is 5.82. The molecule has 5 heteroatoms. The van der Waals surface area contributed by atoms with Gasteiger partial charge in [0.2, 0.25) is 0 Å². The van der Waals surface area contributed by atoms with Crippen molar-refractivity contribution in [3.05, 3.63) is 30.6 Å². The lowest BCUT2D eigenvalue weighted by Gasteiger charge is -1.90. The second-order valence-corrected chi connectivity index (χ2v) is 3.32. The molecule has 3 aromatic rings. The first-order valence-electron chi connectivity index (χ1n) is 4.58. The average molecular weight is 199 g/mol. The minimum Gasteiger partial charge on any atom is -0.397 e. The molecule has 0 aliphatic carbocycles. The lowest BCUT2D eigenvalue weighted by atomic mass is 10.3. The standard InChI is InChI=1S/C10H9N5/c11-7-2-1-3-8-9(7)15-10(14-8)6-4-12-13-5-6/h1-5H,11H2,(H,12,13)(H,14,15). The Hall–Kier alpha value is -2.30. The Morgan fingerprint density at radius 1 is 1.27 bits per heavy atom. The zero-order valence-corrected chi connectivity index (χ0v) is 7.86. The van der Waals surface area contributed by atoms with Crippen molar-refractivity contribution in [1.82, 2.24) is 20.2 Å². The van der Waals surface area contributed by atoms with Crippen molar-refractivity contribution in [3.63, 3.8) is 0 Å². The van der Waals surface area contributed by atoms with Crippen molar-refractivity contribution in [3.8, 4) is 11.4 Å². The van der Waals surface area contributed by atoms with Crippen molar-refractivity contribution in [2.24, 2.45) is 0 Å². The molecule has 15 heavy (non-hydrogen) atoms. The van der Waals surface area contributed by atoms with Gasteiger partial charge in [-0.2, -0.15) is 5.10 Å². The number of anilines is 1. The molecule has 0 atom stereocenters. The maximum Gasteiger partial charge on any atom is 0.141 e. The number of hydrogen-bond donors (Lipinski definition) is 3. The van der Waals surface area contributed by atoms with Crippen LogP contribution in [0.2, 0.25) is 0 Å². The van der Waals surface area contributed by atoms with E-state index in [1.165, 1.54) is 0 Å². The Labute approximate surface area is 85.3 Å². The Kier molecular flexibility index (Phi) is 1.53. The van der Waals surface area contributed by atoms with E-state index < -0.39 is 0 Å². The smallest absolute Gasteiger partial charge is 0.141 e. The fourth-order valence-electron chi connectivity index (χ4n) is 1.57. The number of benzene rings is 1. The SMILES string of the molecule is Nc1cccc2[nH]c(-c3cn[nH]c3)nc12. The molecule has 0 saturated heterocycles. The summed E-state index contributed by atoms with van der Waals surface area (Å²) in [7, 11) is 0. The second kappa shape index (κ2) is 2.84. The molecule has 2 heterocycles. The molecule has 0 bridgehead atoms. The van der Waals surface area contributed by atoms with Crippen LogP contribution in [0.1, 0.15) is 0 Å². The molecule has 74 valence electrons. The third-order valence-corrected chi connectivity index (χ3v) is 2.32. The van der Waals surface area contributed by atoms with Crippen LogP contribution in [-0.4, -0.2) is 20.2 Å². The molecule has 0 unspecified atom stereocenters. The van der Waals surface area contributed by atoms with E-state index in [0.717, 1.165) is 22.4 Å². The Morgan fingerprint density at radius 3 is 2.93 bits per heavy atom. The summed E-state index contributed by atoms with van der Waals surface area (Å²) in [6, 6.07) is 5.68. The van der Waals surface area contributed by atoms with Gasteiger partial charge in [-0.15, -0.1) is 0 Å². The van der Waals surface area contributed by atoms with Crippen LogP contribution in [0.4, 0.5) is 5.69 Å². The molecule has 0 saturated carbocycles. The molecule has 0 amide bonds. The normalized spacial score (nSPS) is 10.9. The summed E-state index contributed by atoms with van der Waals surface area (Å²) in [5, 5.41) is 6.62. The van der Waals surface area contributed by atoms with Gasteiger partial charge in [-0.1, -0.05) is 6.07 Å². The Morgan fingerprint density at radius 2 is 2.20 bits per heavy atom. The minimum absolute atomic E-state index is 0.679. The van der Waals surface area contributed by atoms with Gasteiger partial charge in [0, 0.05) is 6.20 Å². The number of nitrogens with one attached hydrogen (secondary N) is 2. The predicted molar refractivity (Wildman–Crippen MR) is 58.1 cm³/mol. The summed E-state index contributed by atoms with van der Waals surface area (Å²) in [5.74, 6) is 0.775. The molecule has 0 aliphatic heterocycles. The number of imidazole rings is 1. The number of hydrogen-bond acceptors (Lipinski definition) is 3. The van der Waals surface area contributed by atoms with Gasteiger partial charge in [0.25, 0.3) is 0 Å². The number of para-hydroxylation sites is 1. The van der Waals surface area contributed by atoms with Crippen molar-refractivity contribution in [1.29, 1.82) is 0 Å². The van der Waals surface area contributed by atoms with Crippen molar-refractivity contribution in [2.45, 2.75) is 0 Å². The fourth-order valence-corrected chi connectivity index (χ4v) is 1.57. The van der Waals surface area contributed by atoms with Gasteiger partial charge < -0.3 is 10.7 Å². The van der Waals surface area contributed by atoms with Gasteiger partial charge in [-0.25, -0.2) is 4.98 Å². The number of H-pyrrole nitrogens is 2. The molecular formula is C10H9N5. The Balaban J connectivity index is 2.27. The first kappa shape index (κ1) is 8.05. The highest BCUT2D eigenvalue weighted by Crippen LogP contribution is 2.22. The number of fused-ring (bicyclic) bond motifs is 1. The van der Waals surface area contributed by atoms with Crippen LogP contribution in [0, 0.1) is 0 Å². The summed E-state index contributed by atoms with van der Waals surface area (Å²) >= 11 is 0. The number of nitrogens with two attached hydrogens (primary N) is 1. The predicted octanol–water partition coefficient (Wildman–Crippen LogP) is 1.54. The van der Waals surface area contributed by atoms with Crippen molar-refractivity contribution < 1.29 is 0 Å². The van der Waals surface area contributed by atoms with E-state index in [1.807, 2.05) is 18.2 Å². The van der Waals surface area contributed by atoms with Gasteiger partial charge in [-0.3, -0.25) is 5.10 Å². The van der Waals surface area contributed by atoms with E-state index in [4.69, 9.17) is 5.73 Å². The zero-order valence-electron chi connectivity index (χ0n) is 7.86. The topological polar surface area (TPSA) is 83.4 Å². The van der Waals surface area contributed by atoms with E-state index in [1.54, 1.807) is 12.4 Å². The quantitative estimate of drug-likeness (QED) is 0.520. The molecule has 2 aromatic heterocycles. The van der Waals surface area contributed by atoms with Gasteiger partial charge >= 0.3 is 0 Å². The first-order valence-corrected chi connectivity index (χ1v) is 4.58. The zero-order chi connectivity index (χ0) is 10.3. The summed E-state index contributed by atoms with van der Waals surface area (Å²) < 4.78 is 0. The largest absolute Gasteiger partial charge is 0.397 e. The van der Waals surface area contributed by atoms with E-state index in [2.05, 4.69) is 20.2 Å². The summed E-state index contributed by atoms with van der Waals surface area (Å²) in [5.41, 5.74) is 9.15. The van der Waals surface area contributed by atoms with Crippen LogP contribution in [0.5, 0.6) is 0 Å². The van der Waals surface area contributed by atoms with E-state index in [0.29, 0.717) is 5.69 Å². The summed E-state index contributed by atoms with van der Waals surface area (Å²) in [6.07, 6.45) is 3.50. The van der Waals surface area contributed by atoms with Crippen LogP contribution in [-0.2, 0) is 0 Å². The van der Waals surface area contributed by atoms with Crippen molar-refractivity contribution in [2.75, 3.05) is 5.73 Å². The molecule has 1 aromatic carbocycles. The molecule has 0 spiro atoms. The molecule has 3 rings (SSSR count). The highest BCUT2D eigenvalue weighted by Gasteiger charge is 2.07. The molecular weight excluding hydrogens is 190 g/mol. The van der Waals surface area contributed by atoms with Crippen LogP contribution in [0.15, 0.2) is 30.6 Å². The highest BCUT2D eigenvalue weighted by atomic mass is 15.1. The molecule has 4 N–H and O–H groups in total. The van der Waals surface area contributed by atoms with Crippen LogP contribution < -0.4 is 5.73 Å². The van der Waals surface area contributed by atoms with E-state index >= 15 is 0 Å². The fraction of sp³-hybridized carbons (Fsp3) is 0. The molecule has 5 nitrogen and oxygen atoms in total. The molecule has 0 radical (unpaired) electrons. The summed E-state index contributed by atoms with van der Waals surface area (Å²) in [6.45, 7) is 0. The Bertz CT molecular complexity index is 593. The van der Waals surface area contributed by atoms with Gasteiger partial charge in [0.15, 0.2) is 0 Å². The average Bonchev–Trinajstić information content (AvgIpc) is 2.86. The number of nitrogen functional groups attached to an aromatic ring is 1. The number of aromatic nitrogens is 4. The number of nitrogens with zero attached hydrogens (tertiary/aromatic N) is 2. The third-order valence-electron chi connectivity index (χ3n) is 2.32. The maximum absolute atomic E-state index is 5.82. The van der Waals surface area contributed by atoms with Crippen LogP contribution in [0.25, 0.3) is 22.4 Å². The number of aromatic amines is 2. The van der Waals surface area contributed by atoms with E-state index in [9.17, 15) is 0 Å². The monoisotopic (exact) mass is 199 g/mol. The van der Waals surface area contributed by atoms with Crippen LogP contribution in [0.3, 0.4) is 0 Å². The third kappa shape index (κ3) is 1.17. The van der Waals surface area contributed by atoms with Gasteiger partial charge in [0.05, 0.1) is 23.0 Å². The second-order valence-electron chi connectivity index (χ2n) is 3.32. The minimum atomic E-state index is 0.679. The summed E-state index contributed by atoms with van der Waals surface area (Å²) in [4.78, 5) is 7.60. The molecule has 0 aliphatic rings. The number of rotatable bonds is 1. The first-order chi connectivity index (χ1) is 7.34. The molecule has 0 fully saturated rings. The van der Waals surface area contributed by atoms with Crippen LogP contribution >= 0.6 is 0 Å². The highest BCUT2D eigenvalue weighted by molar-refractivity contribution is 5.89. The van der Waals surface area contributed by atoms with Gasteiger partial charge in [0.1, 0.15) is 11.3 Å². The lowest BCUT2D eigenvalue weighted by Crippen LogP contribution is -1.84. The van der Waals surface area contributed by atoms with Crippen molar-refractivity contribution >= 4 is 16.7 Å². The van der Waals surface area contributed by atoms with E-state index in [-0.39, 0.29) is 0 Å².